The molecule has 0 bridgehead atoms. The molecule has 2 rings (SSSR count). The molecule has 0 aromatic heterocycles. The monoisotopic (exact) mass is 197 g/mol. The Kier molecular flexibility index (Phi) is 2.20. The number of carbonyl (C=O) groups excluding carboxylic acids is 3. The normalized spacial score (nSPS) is 24.3. The Balaban J connectivity index is 2.12. The SMILES string of the molecule is O=C1NC(=O)N(C2CCNCC2)C1=O. The molecule has 6 nitrogen and oxygen atoms in total. The Hall–Kier alpha value is -1.43. The second-order valence-electron chi connectivity index (χ2n) is 3.42. The summed E-state index contributed by atoms with van der Waals surface area (Å²) < 4.78 is 0. The molecule has 2 saturated heterocycles. The number of amides is 4. The van der Waals surface area contributed by atoms with Gasteiger partial charge in [-0.3, -0.25) is 19.8 Å². The van der Waals surface area contributed by atoms with E-state index >= 15 is 0 Å². The molecule has 2 fully saturated rings. The molecule has 2 aliphatic heterocycles. The number of urea groups is 1. The first-order valence-electron chi connectivity index (χ1n) is 4.59. The van der Waals surface area contributed by atoms with E-state index in [0.29, 0.717) is 12.8 Å². The smallest absolute Gasteiger partial charge is 0.317 e. The van der Waals surface area contributed by atoms with E-state index in [-0.39, 0.29) is 6.04 Å². The third kappa shape index (κ3) is 1.37. The van der Waals surface area contributed by atoms with Gasteiger partial charge in [-0.15, -0.1) is 0 Å². The van der Waals surface area contributed by atoms with Gasteiger partial charge in [0.15, 0.2) is 0 Å². The summed E-state index contributed by atoms with van der Waals surface area (Å²) in [5.74, 6) is -1.53. The van der Waals surface area contributed by atoms with Gasteiger partial charge in [0.25, 0.3) is 0 Å². The zero-order chi connectivity index (χ0) is 10.1. The third-order valence-corrected chi connectivity index (χ3v) is 2.53. The average molecular weight is 197 g/mol. The van der Waals surface area contributed by atoms with Gasteiger partial charge in [-0.05, 0) is 25.9 Å². The van der Waals surface area contributed by atoms with Crippen LogP contribution >= 0.6 is 0 Å². The van der Waals surface area contributed by atoms with Crippen LogP contribution in [0.5, 0.6) is 0 Å². The van der Waals surface area contributed by atoms with Crippen LogP contribution in [0.2, 0.25) is 0 Å². The highest BCUT2D eigenvalue weighted by Gasteiger charge is 2.41. The van der Waals surface area contributed by atoms with Crippen molar-refractivity contribution in [1.29, 1.82) is 0 Å². The second-order valence-corrected chi connectivity index (χ2v) is 3.42. The number of imide groups is 2. The van der Waals surface area contributed by atoms with Crippen molar-refractivity contribution in [3.05, 3.63) is 0 Å². The summed E-state index contributed by atoms with van der Waals surface area (Å²) in [7, 11) is 0. The van der Waals surface area contributed by atoms with E-state index in [1.807, 2.05) is 5.32 Å². The standard InChI is InChI=1S/C8H11N3O3/c12-6-7(13)11(8(14)10-6)5-1-3-9-4-2-5/h5,9H,1-4H2,(H,10,12,14). The number of nitrogens with zero attached hydrogens (tertiary/aromatic N) is 1. The summed E-state index contributed by atoms with van der Waals surface area (Å²) >= 11 is 0. The molecule has 0 aromatic rings. The van der Waals surface area contributed by atoms with Crippen molar-refractivity contribution in [2.75, 3.05) is 13.1 Å². The number of carbonyl (C=O) groups is 3. The highest BCUT2D eigenvalue weighted by Crippen LogP contribution is 2.15. The van der Waals surface area contributed by atoms with Crippen LogP contribution < -0.4 is 10.6 Å². The molecule has 2 N–H and O–H groups in total. The van der Waals surface area contributed by atoms with Crippen molar-refractivity contribution in [3.63, 3.8) is 0 Å². The van der Waals surface area contributed by atoms with Crippen LogP contribution in [0.25, 0.3) is 0 Å². The first kappa shape index (κ1) is 9.14. The van der Waals surface area contributed by atoms with Crippen molar-refractivity contribution in [3.8, 4) is 0 Å². The zero-order valence-corrected chi connectivity index (χ0v) is 7.58. The van der Waals surface area contributed by atoms with Gasteiger partial charge in [0, 0.05) is 6.04 Å². The first-order chi connectivity index (χ1) is 6.70. The minimum Gasteiger partial charge on any atom is -0.317 e. The van der Waals surface area contributed by atoms with Gasteiger partial charge in [0.05, 0.1) is 0 Å². The van der Waals surface area contributed by atoms with E-state index < -0.39 is 17.8 Å². The van der Waals surface area contributed by atoms with Crippen LogP contribution in [0.3, 0.4) is 0 Å². The number of rotatable bonds is 1. The molecule has 0 atom stereocenters. The van der Waals surface area contributed by atoms with E-state index in [2.05, 4.69) is 5.32 Å². The predicted octanol–water partition coefficient (Wildman–Crippen LogP) is -1.18. The molecular weight excluding hydrogens is 186 g/mol. The number of hydrogen-bond donors (Lipinski definition) is 2. The van der Waals surface area contributed by atoms with Gasteiger partial charge < -0.3 is 5.32 Å². The molecule has 0 unspecified atom stereocenters. The zero-order valence-electron chi connectivity index (χ0n) is 7.58. The Labute approximate surface area is 80.6 Å². The predicted molar refractivity (Wildman–Crippen MR) is 46.3 cm³/mol. The van der Waals surface area contributed by atoms with Crippen LogP contribution in [0.15, 0.2) is 0 Å². The summed E-state index contributed by atoms with van der Waals surface area (Å²) in [5, 5.41) is 5.12. The highest BCUT2D eigenvalue weighted by molar-refractivity contribution is 6.44. The first-order valence-corrected chi connectivity index (χ1v) is 4.59. The Morgan fingerprint density at radius 3 is 2.29 bits per heavy atom. The van der Waals surface area contributed by atoms with Crippen LogP contribution in [-0.2, 0) is 9.59 Å². The maximum atomic E-state index is 11.3. The minimum atomic E-state index is -0.812. The summed E-state index contributed by atoms with van der Waals surface area (Å²) in [6.45, 7) is 1.55. The third-order valence-electron chi connectivity index (χ3n) is 2.53. The fourth-order valence-corrected chi connectivity index (χ4v) is 1.81. The molecule has 0 spiro atoms. The maximum absolute atomic E-state index is 11.3. The molecule has 14 heavy (non-hydrogen) atoms. The molecule has 0 aromatic carbocycles. The van der Waals surface area contributed by atoms with Gasteiger partial charge in [-0.1, -0.05) is 0 Å². The van der Waals surface area contributed by atoms with Crippen LogP contribution in [0.4, 0.5) is 4.79 Å². The van der Waals surface area contributed by atoms with Gasteiger partial charge in [-0.25, -0.2) is 4.79 Å². The van der Waals surface area contributed by atoms with Gasteiger partial charge in [0.2, 0.25) is 0 Å². The van der Waals surface area contributed by atoms with E-state index in [9.17, 15) is 14.4 Å². The quantitative estimate of drug-likeness (QED) is 0.409. The molecule has 4 amide bonds. The van der Waals surface area contributed by atoms with Gasteiger partial charge >= 0.3 is 17.8 Å². The maximum Gasteiger partial charge on any atom is 0.331 e. The summed E-state index contributed by atoms with van der Waals surface area (Å²) in [6.07, 6.45) is 1.43. The second kappa shape index (κ2) is 3.38. The lowest BCUT2D eigenvalue weighted by Crippen LogP contribution is -2.46. The Bertz CT molecular complexity index is 296. The van der Waals surface area contributed by atoms with Gasteiger partial charge in [-0.2, -0.15) is 0 Å². The van der Waals surface area contributed by atoms with Crippen molar-refractivity contribution < 1.29 is 14.4 Å². The Morgan fingerprint density at radius 2 is 1.79 bits per heavy atom. The number of nitrogens with one attached hydrogen (secondary N) is 2. The van der Waals surface area contributed by atoms with Crippen LogP contribution in [0, 0.1) is 0 Å². The van der Waals surface area contributed by atoms with Crippen molar-refractivity contribution in [2.45, 2.75) is 18.9 Å². The molecule has 2 aliphatic rings. The summed E-state index contributed by atoms with van der Waals surface area (Å²) in [4.78, 5) is 34.5. The molecule has 76 valence electrons. The van der Waals surface area contributed by atoms with E-state index in [1.165, 1.54) is 0 Å². The summed E-state index contributed by atoms with van der Waals surface area (Å²) in [5.41, 5.74) is 0. The lowest BCUT2D eigenvalue weighted by atomic mass is 10.1. The van der Waals surface area contributed by atoms with E-state index in [1.54, 1.807) is 0 Å². The average Bonchev–Trinajstić information content (AvgIpc) is 2.43. The largest absolute Gasteiger partial charge is 0.331 e. The van der Waals surface area contributed by atoms with E-state index in [4.69, 9.17) is 0 Å². The molecule has 6 heteroatoms. The van der Waals surface area contributed by atoms with Crippen LogP contribution in [-0.4, -0.2) is 41.9 Å². The van der Waals surface area contributed by atoms with Crippen LogP contribution in [0.1, 0.15) is 12.8 Å². The van der Waals surface area contributed by atoms with Crippen molar-refractivity contribution in [2.24, 2.45) is 0 Å². The lowest BCUT2D eigenvalue weighted by Gasteiger charge is -2.28. The van der Waals surface area contributed by atoms with Crippen molar-refractivity contribution >= 4 is 17.8 Å². The van der Waals surface area contributed by atoms with Crippen molar-refractivity contribution in [1.82, 2.24) is 15.5 Å². The molecule has 0 radical (unpaired) electrons. The van der Waals surface area contributed by atoms with E-state index in [0.717, 1.165) is 18.0 Å². The number of hydrogen-bond acceptors (Lipinski definition) is 4. The minimum absolute atomic E-state index is 0.129. The molecular formula is C8H11N3O3. The summed E-state index contributed by atoms with van der Waals surface area (Å²) in [6, 6.07) is -0.706. The van der Waals surface area contributed by atoms with Gasteiger partial charge in [0.1, 0.15) is 0 Å². The fourth-order valence-electron chi connectivity index (χ4n) is 1.81. The topological polar surface area (TPSA) is 78.5 Å². The fraction of sp³-hybridized carbons (Fsp3) is 0.625. The molecule has 2 heterocycles. The molecule has 0 aliphatic carbocycles. The molecule has 0 saturated carbocycles. The number of piperidine rings is 1. The Morgan fingerprint density at radius 1 is 1.14 bits per heavy atom. The lowest BCUT2D eigenvalue weighted by molar-refractivity contribution is -0.141. The highest BCUT2D eigenvalue weighted by atomic mass is 16.2.